The molecule has 3 nitrogen and oxygen atoms in total. The van der Waals surface area contributed by atoms with Gasteiger partial charge >= 0.3 is 0 Å². The first-order valence-electron chi connectivity index (χ1n) is 6.63. The number of amides is 1. The maximum Gasteiger partial charge on any atom is 0.262 e. The van der Waals surface area contributed by atoms with Crippen LogP contribution in [0.1, 0.15) is 37.0 Å². The predicted molar refractivity (Wildman–Crippen MR) is 87.9 cm³/mol. The Morgan fingerprint density at radius 3 is 2.90 bits per heavy atom. The van der Waals surface area contributed by atoms with E-state index in [9.17, 15) is 4.79 Å². The summed E-state index contributed by atoms with van der Waals surface area (Å²) in [5.41, 5.74) is 1.99. The molecule has 2 rings (SSSR count). The van der Waals surface area contributed by atoms with Crippen LogP contribution < -0.4 is 5.32 Å². The molecular weight excluding hydrogens is 302 g/mol. The van der Waals surface area contributed by atoms with E-state index in [-0.39, 0.29) is 12.5 Å². The van der Waals surface area contributed by atoms with E-state index in [4.69, 9.17) is 5.11 Å². The highest BCUT2D eigenvalue weighted by atomic mass is 32.1. The number of aliphatic hydroxyl groups is 1. The molecule has 2 aromatic rings. The van der Waals surface area contributed by atoms with Crippen molar-refractivity contribution in [3.8, 4) is 11.8 Å². The van der Waals surface area contributed by atoms with Crippen molar-refractivity contribution in [3.05, 3.63) is 43.3 Å². The lowest BCUT2D eigenvalue weighted by Crippen LogP contribution is -2.22. The van der Waals surface area contributed by atoms with Gasteiger partial charge in [-0.2, -0.15) is 0 Å². The first-order chi connectivity index (χ1) is 10.1. The SMILES string of the molecule is Cc1cc(CNC(=O)c2sccc2C#CCCO)sc1C. The van der Waals surface area contributed by atoms with Crippen LogP contribution in [0.4, 0.5) is 0 Å². The van der Waals surface area contributed by atoms with E-state index in [1.165, 1.54) is 21.8 Å². The van der Waals surface area contributed by atoms with Crippen LogP contribution in [0.15, 0.2) is 17.5 Å². The zero-order chi connectivity index (χ0) is 15.2. The summed E-state index contributed by atoms with van der Waals surface area (Å²) in [5.74, 6) is 5.68. The topological polar surface area (TPSA) is 49.3 Å². The molecule has 2 N–H and O–H groups in total. The van der Waals surface area contributed by atoms with E-state index >= 15 is 0 Å². The van der Waals surface area contributed by atoms with Gasteiger partial charge in [-0.1, -0.05) is 11.8 Å². The van der Waals surface area contributed by atoms with Crippen molar-refractivity contribution in [2.45, 2.75) is 26.8 Å². The minimum Gasteiger partial charge on any atom is -0.395 e. The Hall–Kier alpha value is -1.61. The Kier molecular flexibility index (Phi) is 5.57. The zero-order valence-electron chi connectivity index (χ0n) is 12.0. The monoisotopic (exact) mass is 319 g/mol. The molecule has 2 heterocycles. The van der Waals surface area contributed by atoms with Crippen molar-refractivity contribution in [1.29, 1.82) is 0 Å². The molecule has 0 unspecified atom stereocenters. The van der Waals surface area contributed by atoms with Crippen molar-refractivity contribution < 1.29 is 9.90 Å². The van der Waals surface area contributed by atoms with E-state index < -0.39 is 0 Å². The van der Waals surface area contributed by atoms with Crippen LogP contribution in [-0.4, -0.2) is 17.6 Å². The highest BCUT2D eigenvalue weighted by molar-refractivity contribution is 7.12. The van der Waals surface area contributed by atoms with Crippen molar-refractivity contribution in [3.63, 3.8) is 0 Å². The van der Waals surface area contributed by atoms with Crippen LogP contribution in [0.3, 0.4) is 0 Å². The molecule has 0 aliphatic rings. The quantitative estimate of drug-likeness (QED) is 0.851. The fourth-order valence-electron chi connectivity index (χ4n) is 1.78. The molecule has 5 heteroatoms. The molecule has 0 aliphatic carbocycles. The van der Waals surface area contributed by atoms with Crippen LogP contribution in [-0.2, 0) is 6.54 Å². The number of carbonyl (C=O) groups is 1. The van der Waals surface area contributed by atoms with Gasteiger partial charge in [-0.25, -0.2) is 0 Å². The van der Waals surface area contributed by atoms with E-state index in [1.807, 2.05) is 11.4 Å². The summed E-state index contributed by atoms with van der Waals surface area (Å²) >= 11 is 3.09. The molecule has 0 radical (unpaired) electrons. The number of aliphatic hydroxyl groups excluding tert-OH is 1. The molecule has 0 fully saturated rings. The lowest BCUT2D eigenvalue weighted by atomic mass is 10.2. The third kappa shape index (κ3) is 4.18. The highest BCUT2D eigenvalue weighted by Gasteiger charge is 2.12. The molecule has 1 amide bonds. The number of aryl methyl sites for hydroxylation is 2. The van der Waals surface area contributed by atoms with Crippen molar-refractivity contribution in [2.75, 3.05) is 6.61 Å². The second-order valence-electron chi connectivity index (χ2n) is 4.57. The molecule has 0 atom stereocenters. The molecule has 0 aliphatic heterocycles. The van der Waals surface area contributed by atoms with Gasteiger partial charge in [-0.3, -0.25) is 4.79 Å². The lowest BCUT2D eigenvalue weighted by molar-refractivity contribution is 0.0955. The van der Waals surface area contributed by atoms with E-state index in [2.05, 4.69) is 37.1 Å². The highest BCUT2D eigenvalue weighted by Crippen LogP contribution is 2.21. The number of rotatable bonds is 4. The largest absolute Gasteiger partial charge is 0.395 e. The summed E-state index contributed by atoms with van der Waals surface area (Å²) < 4.78 is 0. The average molecular weight is 319 g/mol. The smallest absolute Gasteiger partial charge is 0.262 e. The van der Waals surface area contributed by atoms with Gasteiger partial charge in [0.05, 0.1) is 13.2 Å². The molecule has 0 aromatic carbocycles. The Labute approximate surface area is 132 Å². The summed E-state index contributed by atoms with van der Waals surface area (Å²) in [6.45, 7) is 4.74. The lowest BCUT2D eigenvalue weighted by Gasteiger charge is -2.02. The van der Waals surface area contributed by atoms with Crippen LogP contribution in [0, 0.1) is 25.7 Å². The molecule has 0 saturated carbocycles. The molecule has 0 spiro atoms. The van der Waals surface area contributed by atoms with Gasteiger partial charge in [-0.05, 0) is 36.9 Å². The molecule has 2 aromatic heterocycles. The number of thiophene rings is 2. The maximum atomic E-state index is 12.2. The Morgan fingerprint density at radius 2 is 2.24 bits per heavy atom. The van der Waals surface area contributed by atoms with Crippen LogP contribution >= 0.6 is 22.7 Å². The van der Waals surface area contributed by atoms with Crippen molar-refractivity contribution in [2.24, 2.45) is 0 Å². The number of hydrogen-bond acceptors (Lipinski definition) is 4. The zero-order valence-corrected chi connectivity index (χ0v) is 13.7. The number of nitrogens with one attached hydrogen (secondary N) is 1. The molecule has 21 heavy (non-hydrogen) atoms. The van der Waals surface area contributed by atoms with Crippen molar-refractivity contribution in [1.82, 2.24) is 5.32 Å². The molecule has 0 saturated heterocycles. The van der Waals surface area contributed by atoms with Gasteiger partial charge in [0, 0.05) is 21.7 Å². The maximum absolute atomic E-state index is 12.2. The van der Waals surface area contributed by atoms with Gasteiger partial charge < -0.3 is 10.4 Å². The fourth-order valence-corrected chi connectivity index (χ4v) is 3.54. The van der Waals surface area contributed by atoms with Gasteiger partial charge in [0.25, 0.3) is 5.91 Å². The second kappa shape index (κ2) is 7.41. The van der Waals surface area contributed by atoms with E-state index in [1.54, 1.807) is 11.3 Å². The summed E-state index contributed by atoms with van der Waals surface area (Å²) in [6.07, 6.45) is 0.421. The average Bonchev–Trinajstić information content (AvgIpc) is 3.04. The van der Waals surface area contributed by atoms with Gasteiger partial charge in [-0.15, -0.1) is 22.7 Å². The van der Waals surface area contributed by atoms with Gasteiger partial charge in [0.2, 0.25) is 0 Å². The first kappa shape index (κ1) is 15.8. The first-order valence-corrected chi connectivity index (χ1v) is 8.32. The molecule has 0 bridgehead atoms. The van der Waals surface area contributed by atoms with Crippen molar-refractivity contribution >= 4 is 28.6 Å². The summed E-state index contributed by atoms with van der Waals surface area (Å²) in [7, 11) is 0. The minimum absolute atomic E-state index is 0.0374. The molecule has 110 valence electrons. The van der Waals surface area contributed by atoms with Crippen LogP contribution in [0.5, 0.6) is 0 Å². The Morgan fingerprint density at radius 1 is 1.43 bits per heavy atom. The van der Waals surface area contributed by atoms with Gasteiger partial charge in [0.15, 0.2) is 0 Å². The normalized spacial score (nSPS) is 10.0. The van der Waals surface area contributed by atoms with Crippen LogP contribution in [0.25, 0.3) is 0 Å². The van der Waals surface area contributed by atoms with Crippen LogP contribution in [0.2, 0.25) is 0 Å². The predicted octanol–water partition coefficient (Wildman–Crippen LogP) is 3.09. The summed E-state index contributed by atoms with van der Waals surface area (Å²) in [6, 6.07) is 3.94. The number of carbonyl (C=O) groups excluding carboxylic acids is 1. The number of hydrogen-bond donors (Lipinski definition) is 2. The third-order valence-electron chi connectivity index (χ3n) is 2.97. The Balaban J connectivity index is 2.01. The fraction of sp³-hybridized carbons (Fsp3) is 0.312. The second-order valence-corrected chi connectivity index (χ2v) is 6.83. The summed E-state index contributed by atoms with van der Waals surface area (Å²) in [5, 5.41) is 13.5. The minimum atomic E-state index is -0.0954. The molecular formula is C16H17NO2S2. The van der Waals surface area contributed by atoms with E-state index in [0.717, 1.165) is 10.4 Å². The standard InChI is InChI=1S/C16H17NO2S2/c1-11-9-14(21-12(11)2)10-17-16(19)15-13(6-8-20-15)5-3-4-7-18/h6,8-9,18H,4,7,10H2,1-2H3,(H,17,19). The Bertz CT molecular complexity index is 669. The summed E-state index contributed by atoms with van der Waals surface area (Å²) in [4.78, 5) is 15.3. The van der Waals surface area contributed by atoms with E-state index in [0.29, 0.717) is 17.8 Å². The third-order valence-corrected chi connectivity index (χ3v) is 5.04. The van der Waals surface area contributed by atoms with Gasteiger partial charge in [0.1, 0.15) is 4.88 Å².